The number of ether oxygens (including phenoxy) is 1. The van der Waals surface area contributed by atoms with E-state index in [1.807, 2.05) is 12.1 Å². The molecule has 1 aromatic rings. The molecule has 0 unspecified atom stereocenters. The zero-order valence-electron chi connectivity index (χ0n) is 11.0. The Bertz CT molecular complexity index is 469. The average Bonchev–Trinajstić information content (AvgIpc) is 2.46. The highest BCUT2D eigenvalue weighted by Crippen LogP contribution is 2.12. The number of hydrogen-bond donors (Lipinski definition) is 2. The molecule has 0 saturated carbocycles. The van der Waals surface area contributed by atoms with Crippen LogP contribution < -0.4 is 10.2 Å². The van der Waals surface area contributed by atoms with Crippen molar-refractivity contribution in [2.45, 2.75) is 13.0 Å². The molecule has 1 amide bonds. The van der Waals surface area contributed by atoms with Crippen molar-refractivity contribution in [3.05, 3.63) is 23.9 Å². The van der Waals surface area contributed by atoms with Crippen molar-refractivity contribution in [1.29, 1.82) is 0 Å². The molecule has 1 aromatic heterocycles. The van der Waals surface area contributed by atoms with Crippen LogP contribution in [-0.4, -0.2) is 48.3 Å². The second kappa shape index (κ2) is 6.85. The summed E-state index contributed by atoms with van der Waals surface area (Å²) >= 11 is 0. The molecule has 1 saturated heterocycles. The van der Waals surface area contributed by atoms with Crippen LogP contribution in [0, 0.1) is 0 Å². The van der Waals surface area contributed by atoms with Crippen LogP contribution in [0.25, 0.3) is 0 Å². The molecule has 7 heteroatoms. The molecule has 0 radical (unpaired) electrons. The molecule has 0 bridgehead atoms. The van der Waals surface area contributed by atoms with Crippen LogP contribution in [0.4, 0.5) is 5.82 Å². The lowest BCUT2D eigenvalue weighted by Crippen LogP contribution is -2.36. The summed E-state index contributed by atoms with van der Waals surface area (Å²) in [5.41, 5.74) is 0.834. The molecule has 0 aliphatic carbocycles. The number of rotatable bonds is 5. The second-order valence-electron chi connectivity index (χ2n) is 4.47. The third-order valence-electron chi connectivity index (χ3n) is 2.95. The Morgan fingerprint density at radius 2 is 2.10 bits per heavy atom. The molecule has 108 valence electrons. The highest BCUT2D eigenvalue weighted by Gasteiger charge is 2.12. The van der Waals surface area contributed by atoms with Crippen LogP contribution in [0.5, 0.6) is 0 Å². The summed E-state index contributed by atoms with van der Waals surface area (Å²) in [4.78, 5) is 28.0. The van der Waals surface area contributed by atoms with Gasteiger partial charge in [-0.15, -0.1) is 0 Å². The van der Waals surface area contributed by atoms with E-state index in [2.05, 4.69) is 15.2 Å². The molecule has 0 atom stereocenters. The lowest BCUT2D eigenvalue weighted by molar-refractivity contribution is -0.140. The Balaban J connectivity index is 1.85. The smallest absolute Gasteiger partial charge is 0.312 e. The summed E-state index contributed by atoms with van der Waals surface area (Å²) in [7, 11) is 0. The van der Waals surface area contributed by atoms with Crippen LogP contribution in [0.3, 0.4) is 0 Å². The lowest BCUT2D eigenvalue weighted by Gasteiger charge is -2.27. The molecule has 2 N–H and O–H groups in total. The molecule has 2 heterocycles. The highest BCUT2D eigenvalue weighted by molar-refractivity contribution is 5.93. The van der Waals surface area contributed by atoms with Gasteiger partial charge in [0.1, 0.15) is 12.2 Å². The van der Waals surface area contributed by atoms with Crippen molar-refractivity contribution in [3.8, 4) is 0 Å². The number of carboxylic acid groups (broad SMARTS) is 1. The first kappa shape index (κ1) is 14.3. The fraction of sp³-hybridized carbons (Fsp3) is 0.462. The molecule has 0 spiro atoms. The molecule has 0 aromatic carbocycles. The number of amides is 1. The number of nitrogens with one attached hydrogen (secondary N) is 1. The molecule has 20 heavy (non-hydrogen) atoms. The molecular formula is C13H17N3O4. The number of carboxylic acids is 1. The van der Waals surface area contributed by atoms with E-state index in [1.165, 1.54) is 0 Å². The van der Waals surface area contributed by atoms with Crippen molar-refractivity contribution in [2.24, 2.45) is 0 Å². The predicted octanol–water partition coefficient (Wildman–Crippen LogP) is 0.00910. The normalized spacial score (nSPS) is 14.9. The van der Waals surface area contributed by atoms with Crippen molar-refractivity contribution in [2.75, 3.05) is 31.2 Å². The van der Waals surface area contributed by atoms with E-state index in [9.17, 15) is 9.59 Å². The maximum absolute atomic E-state index is 11.2. The molecule has 2 rings (SSSR count). The largest absolute Gasteiger partial charge is 0.481 e. The van der Waals surface area contributed by atoms with Gasteiger partial charge in [-0.3, -0.25) is 9.59 Å². The number of pyridine rings is 1. The van der Waals surface area contributed by atoms with Crippen LogP contribution >= 0.6 is 0 Å². The zero-order chi connectivity index (χ0) is 14.4. The van der Waals surface area contributed by atoms with Crippen molar-refractivity contribution >= 4 is 17.7 Å². The summed E-state index contributed by atoms with van der Waals surface area (Å²) in [5.74, 6) is -0.757. The molecule has 1 aliphatic heterocycles. The molecular weight excluding hydrogens is 262 g/mol. The van der Waals surface area contributed by atoms with E-state index < -0.39 is 18.3 Å². The fourth-order valence-electron chi connectivity index (χ4n) is 1.90. The average molecular weight is 279 g/mol. The van der Waals surface area contributed by atoms with Gasteiger partial charge < -0.3 is 20.1 Å². The van der Waals surface area contributed by atoms with Crippen LogP contribution in [0.15, 0.2) is 18.3 Å². The number of anilines is 1. The van der Waals surface area contributed by atoms with Gasteiger partial charge in [-0.25, -0.2) is 4.98 Å². The Labute approximate surface area is 116 Å². The summed E-state index contributed by atoms with van der Waals surface area (Å²) in [5, 5.41) is 11.0. The number of nitrogens with zero attached hydrogens (tertiary/aromatic N) is 2. The van der Waals surface area contributed by atoms with E-state index in [4.69, 9.17) is 9.84 Å². The van der Waals surface area contributed by atoms with Gasteiger partial charge in [0.05, 0.1) is 13.2 Å². The standard InChI is InChI=1S/C13H17N3O4/c17-12(7-13(18)19)15-9-10-1-2-11(14-8-10)16-3-5-20-6-4-16/h1-2,8H,3-7,9H2,(H,15,17)(H,18,19). The Hall–Kier alpha value is -2.15. The van der Waals surface area contributed by atoms with Gasteiger partial charge in [-0.2, -0.15) is 0 Å². The Morgan fingerprint density at radius 3 is 2.70 bits per heavy atom. The number of carbonyl (C=O) groups excluding carboxylic acids is 1. The first-order valence-corrected chi connectivity index (χ1v) is 6.41. The zero-order valence-corrected chi connectivity index (χ0v) is 11.0. The maximum atomic E-state index is 11.2. The van der Waals surface area contributed by atoms with Crippen LogP contribution in [-0.2, 0) is 20.9 Å². The summed E-state index contributed by atoms with van der Waals surface area (Å²) in [6.07, 6.45) is 1.17. The fourth-order valence-corrected chi connectivity index (χ4v) is 1.90. The summed E-state index contributed by atoms with van der Waals surface area (Å²) in [6.45, 7) is 3.33. The van der Waals surface area contributed by atoms with E-state index in [0.717, 1.165) is 24.5 Å². The number of morpholine rings is 1. The van der Waals surface area contributed by atoms with Crippen molar-refractivity contribution < 1.29 is 19.4 Å². The van der Waals surface area contributed by atoms with Gasteiger partial charge in [0.2, 0.25) is 5.91 Å². The van der Waals surface area contributed by atoms with Gasteiger partial charge in [0, 0.05) is 25.8 Å². The lowest BCUT2D eigenvalue weighted by atomic mass is 10.2. The van der Waals surface area contributed by atoms with Gasteiger partial charge in [0.25, 0.3) is 0 Å². The molecule has 7 nitrogen and oxygen atoms in total. The minimum atomic E-state index is -1.14. The number of hydrogen-bond acceptors (Lipinski definition) is 5. The van der Waals surface area contributed by atoms with Crippen LogP contribution in [0.1, 0.15) is 12.0 Å². The minimum absolute atomic E-state index is 0.280. The third-order valence-corrected chi connectivity index (χ3v) is 2.95. The second-order valence-corrected chi connectivity index (χ2v) is 4.47. The molecule has 1 fully saturated rings. The van der Waals surface area contributed by atoms with E-state index in [-0.39, 0.29) is 6.54 Å². The number of aromatic nitrogens is 1. The molecule has 1 aliphatic rings. The van der Waals surface area contributed by atoms with E-state index in [1.54, 1.807) is 6.20 Å². The maximum Gasteiger partial charge on any atom is 0.312 e. The monoisotopic (exact) mass is 279 g/mol. The summed E-state index contributed by atoms with van der Waals surface area (Å²) in [6, 6.07) is 3.77. The van der Waals surface area contributed by atoms with E-state index >= 15 is 0 Å². The van der Waals surface area contributed by atoms with Gasteiger partial charge in [0.15, 0.2) is 0 Å². The van der Waals surface area contributed by atoms with Crippen molar-refractivity contribution in [3.63, 3.8) is 0 Å². The Kier molecular flexibility index (Phi) is 4.89. The highest BCUT2D eigenvalue weighted by atomic mass is 16.5. The first-order valence-electron chi connectivity index (χ1n) is 6.41. The first-order chi connectivity index (χ1) is 9.65. The third kappa shape index (κ3) is 4.20. The van der Waals surface area contributed by atoms with Crippen molar-refractivity contribution in [1.82, 2.24) is 10.3 Å². The van der Waals surface area contributed by atoms with Crippen LogP contribution in [0.2, 0.25) is 0 Å². The number of aliphatic carboxylic acids is 1. The SMILES string of the molecule is O=C(O)CC(=O)NCc1ccc(N2CCOCC2)nc1. The predicted molar refractivity (Wildman–Crippen MR) is 71.4 cm³/mol. The van der Waals surface area contributed by atoms with Gasteiger partial charge in [-0.05, 0) is 11.6 Å². The summed E-state index contributed by atoms with van der Waals surface area (Å²) < 4.78 is 5.28. The quantitative estimate of drug-likeness (QED) is 0.738. The van der Waals surface area contributed by atoms with Gasteiger partial charge >= 0.3 is 5.97 Å². The van der Waals surface area contributed by atoms with E-state index in [0.29, 0.717) is 13.2 Å². The Morgan fingerprint density at radius 1 is 1.35 bits per heavy atom. The van der Waals surface area contributed by atoms with Gasteiger partial charge in [-0.1, -0.05) is 6.07 Å². The number of carbonyl (C=O) groups is 2. The minimum Gasteiger partial charge on any atom is -0.481 e. The topological polar surface area (TPSA) is 91.8 Å².